The minimum absolute atomic E-state index is 0.0747. The van der Waals surface area contributed by atoms with Crippen molar-refractivity contribution in [3.8, 4) is 17.5 Å². The smallest absolute Gasteiger partial charge is 0.159 e. The van der Waals surface area contributed by atoms with Crippen molar-refractivity contribution in [2.24, 2.45) is 11.3 Å². The molecule has 4 rings (SSSR count). The molecule has 206 valence electrons. The lowest BCUT2D eigenvalue weighted by Gasteiger charge is -2.35. The number of nitrogens with zero attached hydrogens (tertiary/aromatic N) is 3. The lowest BCUT2D eigenvalue weighted by Crippen LogP contribution is -2.25. The number of rotatable bonds is 13. The van der Waals surface area contributed by atoms with Gasteiger partial charge in [-0.1, -0.05) is 95.9 Å². The Morgan fingerprint density at radius 1 is 0.737 bits per heavy atom. The van der Waals surface area contributed by atoms with E-state index in [0.29, 0.717) is 11.8 Å². The summed E-state index contributed by atoms with van der Waals surface area (Å²) in [5, 5.41) is 9.87. The van der Waals surface area contributed by atoms with Crippen molar-refractivity contribution in [2.45, 2.75) is 141 Å². The summed E-state index contributed by atoms with van der Waals surface area (Å²) in [6.45, 7) is 4.53. The quantitative estimate of drug-likeness (QED) is 0.250. The van der Waals surface area contributed by atoms with Crippen LogP contribution in [0.3, 0.4) is 0 Å². The maximum Gasteiger partial charge on any atom is 0.159 e. The third kappa shape index (κ3) is 7.91. The van der Waals surface area contributed by atoms with Crippen LogP contribution in [0.15, 0.2) is 36.7 Å². The van der Waals surface area contributed by atoms with Crippen molar-refractivity contribution < 1.29 is 0 Å². The van der Waals surface area contributed by atoms with Crippen molar-refractivity contribution in [1.29, 1.82) is 5.26 Å². The molecule has 0 saturated heterocycles. The molecule has 38 heavy (non-hydrogen) atoms. The first-order valence-corrected chi connectivity index (χ1v) is 16.0. The zero-order valence-electron chi connectivity index (χ0n) is 24.3. The van der Waals surface area contributed by atoms with Gasteiger partial charge in [-0.3, -0.25) is 0 Å². The van der Waals surface area contributed by atoms with Gasteiger partial charge in [-0.05, 0) is 86.7 Å². The highest BCUT2D eigenvalue weighted by molar-refractivity contribution is 5.55. The molecule has 1 aromatic heterocycles. The van der Waals surface area contributed by atoms with E-state index < -0.39 is 0 Å². The highest BCUT2D eigenvalue weighted by atomic mass is 14.9. The van der Waals surface area contributed by atoms with Gasteiger partial charge < -0.3 is 0 Å². The summed E-state index contributed by atoms with van der Waals surface area (Å²) in [6.07, 6.45) is 27.0. The maximum absolute atomic E-state index is 9.87. The SMILES string of the molecule is CCCCCCCC1CCC(c2cnc(-c3ccc(C4CCC(C#N)(CCCCC)CC4)cc3)nc2)CC1. The van der Waals surface area contributed by atoms with Crippen LogP contribution in [0, 0.1) is 22.7 Å². The Kier molecular flexibility index (Phi) is 11.2. The molecule has 2 saturated carbocycles. The number of benzene rings is 1. The summed E-state index contributed by atoms with van der Waals surface area (Å²) in [4.78, 5) is 9.56. The van der Waals surface area contributed by atoms with Crippen LogP contribution in [-0.2, 0) is 0 Å². The molecule has 0 unspecified atom stereocenters. The molecule has 2 aromatic rings. The van der Waals surface area contributed by atoms with Gasteiger partial charge >= 0.3 is 0 Å². The number of hydrogen-bond acceptors (Lipinski definition) is 3. The Hall–Kier alpha value is -2.21. The molecule has 0 N–H and O–H groups in total. The highest BCUT2D eigenvalue weighted by Gasteiger charge is 2.35. The van der Waals surface area contributed by atoms with Crippen LogP contribution in [0.2, 0.25) is 0 Å². The fourth-order valence-corrected chi connectivity index (χ4v) is 7.06. The molecule has 2 fully saturated rings. The molecule has 0 atom stereocenters. The van der Waals surface area contributed by atoms with Crippen molar-refractivity contribution in [2.75, 3.05) is 0 Å². The minimum atomic E-state index is -0.0747. The zero-order valence-corrected chi connectivity index (χ0v) is 24.3. The van der Waals surface area contributed by atoms with E-state index in [-0.39, 0.29) is 5.41 Å². The van der Waals surface area contributed by atoms with Crippen LogP contribution in [-0.4, -0.2) is 9.97 Å². The number of hydrogen-bond donors (Lipinski definition) is 0. The maximum atomic E-state index is 9.87. The molecule has 3 nitrogen and oxygen atoms in total. The van der Waals surface area contributed by atoms with Gasteiger partial charge in [0, 0.05) is 18.0 Å². The molecule has 0 bridgehead atoms. The second-order valence-electron chi connectivity index (χ2n) is 12.5. The van der Waals surface area contributed by atoms with Crippen LogP contribution in [0.4, 0.5) is 0 Å². The molecule has 0 radical (unpaired) electrons. The Labute approximate surface area is 232 Å². The minimum Gasteiger partial charge on any atom is -0.236 e. The van der Waals surface area contributed by atoms with Crippen LogP contribution in [0.5, 0.6) is 0 Å². The van der Waals surface area contributed by atoms with Crippen molar-refractivity contribution in [1.82, 2.24) is 9.97 Å². The summed E-state index contributed by atoms with van der Waals surface area (Å²) >= 11 is 0. The highest BCUT2D eigenvalue weighted by Crippen LogP contribution is 2.46. The average molecular weight is 514 g/mol. The Bertz CT molecular complexity index is 971. The average Bonchev–Trinajstić information content (AvgIpc) is 2.98. The first-order valence-electron chi connectivity index (χ1n) is 16.0. The van der Waals surface area contributed by atoms with E-state index in [0.717, 1.165) is 49.4 Å². The van der Waals surface area contributed by atoms with E-state index in [1.165, 1.54) is 94.6 Å². The van der Waals surface area contributed by atoms with Gasteiger partial charge in [0.25, 0.3) is 0 Å². The predicted molar refractivity (Wildman–Crippen MR) is 159 cm³/mol. The third-order valence-corrected chi connectivity index (χ3v) is 9.78. The first kappa shape index (κ1) is 28.8. The molecular weight excluding hydrogens is 462 g/mol. The monoisotopic (exact) mass is 513 g/mol. The predicted octanol–water partition coefficient (Wildman–Crippen LogP) is 10.5. The number of nitriles is 1. The lowest BCUT2D eigenvalue weighted by atomic mass is 9.67. The number of unbranched alkanes of at least 4 members (excludes halogenated alkanes) is 6. The van der Waals surface area contributed by atoms with E-state index in [1.54, 1.807) is 0 Å². The second kappa shape index (κ2) is 14.8. The van der Waals surface area contributed by atoms with E-state index >= 15 is 0 Å². The molecule has 1 heterocycles. The molecule has 2 aliphatic rings. The Balaban J connectivity index is 1.24. The largest absolute Gasteiger partial charge is 0.236 e. The van der Waals surface area contributed by atoms with Gasteiger partial charge in [-0.15, -0.1) is 0 Å². The van der Waals surface area contributed by atoms with Gasteiger partial charge in [-0.25, -0.2) is 9.97 Å². The third-order valence-electron chi connectivity index (χ3n) is 9.78. The van der Waals surface area contributed by atoms with Gasteiger partial charge in [0.1, 0.15) is 0 Å². The first-order chi connectivity index (χ1) is 18.7. The van der Waals surface area contributed by atoms with E-state index in [1.807, 2.05) is 0 Å². The topological polar surface area (TPSA) is 49.6 Å². The van der Waals surface area contributed by atoms with Crippen LogP contribution in [0.1, 0.15) is 152 Å². The lowest BCUT2D eigenvalue weighted by molar-refractivity contribution is 0.223. The second-order valence-corrected chi connectivity index (χ2v) is 12.5. The van der Waals surface area contributed by atoms with Crippen molar-refractivity contribution in [3.05, 3.63) is 47.8 Å². The Morgan fingerprint density at radius 2 is 1.34 bits per heavy atom. The summed E-state index contributed by atoms with van der Waals surface area (Å²) in [6, 6.07) is 11.7. The Morgan fingerprint density at radius 3 is 1.97 bits per heavy atom. The van der Waals surface area contributed by atoms with Crippen molar-refractivity contribution in [3.63, 3.8) is 0 Å². The molecule has 1 aromatic carbocycles. The standard InChI is InChI=1S/C35H51N3/c1-3-5-7-8-9-11-28-12-14-30(15-13-28)33-25-37-34(38-26-33)32-18-16-29(17-19-32)31-20-23-35(27-36,24-21-31)22-10-6-4-2/h16-19,25-26,28,30-31H,3-15,20-24H2,1-2H3. The van der Waals surface area contributed by atoms with Gasteiger partial charge in [0.15, 0.2) is 5.82 Å². The fraction of sp³-hybridized carbons (Fsp3) is 0.686. The van der Waals surface area contributed by atoms with Crippen molar-refractivity contribution >= 4 is 0 Å². The molecule has 0 spiro atoms. The molecule has 3 heteroatoms. The van der Waals surface area contributed by atoms with Crippen LogP contribution in [0.25, 0.3) is 11.4 Å². The van der Waals surface area contributed by atoms with Crippen LogP contribution >= 0.6 is 0 Å². The normalized spacial score (nSPS) is 25.7. The van der Waals surface area contributed by atoms with E-state index in [9.17, 15) is 5.26 Å². The summed E-state index contributed by atoms with van der Waals surface area (Å²) in [5.41, 5.74) is 3.77. The van der Waals surface area contributed by atoms with E-state index in [4.69, 9.17) is 9.97 Å². The van der Waals surface area contributed by atoms with Gasteiger partial charge in [-0.2, -0.15) is 5.26 Å². The summed E-state index contributed by atoms with van der Waals surface area (Å²) in [5.74, 6) is 2.99. The fourth-order valence-electron chi connectivity index (χ4n) is 7.06. The number of aromatic nitrogens is 2. The van der Waals surface area contributed by atoms with Gasteiger partial charge in [0.05, 0.1) is 11.5 Å². The molecule has 0 aliphatic heterocycles. The molecule has 0 amide bonds. The summed E-state index contributed by atoms with van der Waals surface area (Å²) in [7, 11) is 0. The van der Waals surface area contributed by atoms with Gasteiger partial charge in [0.2, 0.25) is 0 Å². The van der Waals surface area contributed by atoms with E-state index in [2.05, 4.69) is 56.6 Å². The summed E-state index contributed by atoms with van der Waals surface area (Å²) < 4.78 is 0. The molecule has 2 aliphatic carbocycles. The van der Waals surface area contributed by atoms with Crippen LogP contribution < -0.4 is 0 Å². The zero-order chi connectivity index (χ0) is 26.6. The molecular formula is C35H51N3.